The fourth-order valence-corrected chi connectivity index (χ4v) is 1.71. The summed E-state index contributed by atoms with van der Waals surface area (Å²) in [4.78, 5) is 23.9. The molecule has 0 radical (unpaired) electrons. The van der Waals surface area contributed by atoms with Crippen LogP contribution in [0.4, 0.5) is 0 Å². The first kappa shape index (κ1) is 12.0. The molecule has 5 nitrogen and oxygen atoms in total. The molecule has 1 saturated heterocycles. The number of carboxylic acids is 1. The van der Waals surface area contributed by atoms with Crippen LogP contribution >= 0.6 is 0 Å². The Labute approximate surface area is 89.4 Å². The van der Waals surface area contributed by atoms with Gasteiger partial charge in [0.15, 0.2) is 0 Å². The number of carboxylic acid groups (broad SMARTS) is 1. The van der Waals surface area contributed by atoms with Crippen molar-refractivity contribution in [1.29, 1.82) is 0 Å². The van der Waals surface area contributed by atoms with E-state index in [2.05, 4.69) is 5.32 Å². The maximum atomic E-state index is 11.7. The molecular formula is C10H18N2O3. The third-order valence-corrected chi connectivity index (χ3v) is 2.52. The van der Waals surface area contributed by atoms with Crippen molar-refractivity contribution in [3.05, 3.63) is 0 Å². The molecule has 1 fully saturated rings. The van der Waals surface area contributed by atoms with Crippen LogP contribution in [0.25, 0.3) is 0 Å². The molecule has 0 spiro atoms. The van der Waals surface area contributed by atoms with E-state index in [1.807, 2.05) is 0 Å². The molecule has 1 heterocycles. The normalized spacial score (nSPS) is 18.6. The van der Waals surface area contributed by atoms with Crippen LogP contribution in [0.2, 0.25) is 0 Å². The number of amides is 1. The van der Waals surface area contributed by atoms with Crippen molar-refractivity contribution in [3.63, 3.8) is 0 Å². The zero-order chi connectivity index (χ0) is 11.3. The van der Waals surface area contributed by atoms with Gasteiger partial charge in [0.1, 0.15) is 0 Å². The Morgan fingerprint density at radius 1 is 1.33 bits per heavy atom. The molecule has 15 heavy (non-hydrogen) atoms. The minimum absolute atomic E-state index is 0.0673. The molecule has 0 aromatic rings. The Bertz CT molecular complexity index is 237. The lowest BCUT2D eigenvalue weighted by Gasteiger charge is -2.28. The fraction of sp³-hybridized carbons (Fsp3) is 0.800. The molecule has 0 aliphatic carbocycles. The number of hydrogen-bond acceptors (Lipinski definition) is 3. The van der Waals surface area contributed by atoms with Crippen molar-refractivity contribution in [3.8, 4) is 0 Å². The predicted octanol–water partition coefficient (Wildman–Crippen LogP) is -0.0809. The second kappa shape index (κ2) is 5.70. The van der Waals surface area contributed by atoms with E-state index >= 15 is 0 Å². The highest BCUT2D eigenvalue weighted by molar-refractivity contribution is 5.77. The molecule has 5 heteroatoms. The van der Waals surface area contributed by atoms with Crippen molar-refractivity contribution < 1.29 is 14.7 Å². The van der Waals surface area contributed by atoms with Crippen LogP contribution in [0.1, 0.15) is 19.8 Å². The first-order chi connectivity index (χ1) is 7.09. The van der Waals surface area contributed by atoms with Gasteiger partial charge in [0.25, 0.3) is 0 Å². The number of piperazine rings is 1. The van der Waals surface area contributed by atoms with Crippen LogP contribution in [-0.2, 0) is 9.59 Å². The summed E-state index contributed by atoms with van der Waals surface area (Å²) in [5.41, 5.74) is 0. The second-order valence-electron chi connectivity index (χ2n) is 4.04. The smallest absolute Gasteiger partial charge is 0.303 e. The minimum atomic E-state index is -0.837. The first-order valence-corrected chi connectivity index (χ1v) is 5.30. The Balaban J connectivity index is 2.30. The summed E-state index contributed by atoms with van der Waals surface area (Å²) in [5, 5.41) is 11.7. The second-order valence-corrected chi connectivity index (χ2v) is 4.04. The van der Waals surface area contributed by atoms with Gasteiger partial charge in [-0.1, -0.05) is 6.92 Å². The zero-order valence-electron chi connectivity index (χ0n) is 9.03. The monoisotopic (exact) mass is 214 g/mol. The van der Waals surface area contributed by atoms with Gasteiger partial charge in [-0.15, -0.1) is 0 Å². The van der Waals surface area contributed by atoms with E-state index in [0.717, 1.165) is 26.2 Å². The molecule has 1 amide bonds. The minimum Gasteiger partial charge on any atom is -0.481 e. The van der Waals surface area contributed by atoms with E-state index < -0.39 is 5.97 Å². The van der Waals surface area contributed by atoms with Crippen molar-refractivity contribution in [2.75, 3.05) is 26.2 Å². The van der Waals surface area contributed by atoms with E-state index in [9.17, 15) is 9.59 Å². The highest BCUT2D eigenvalue weighted by Gasteiger charge is 2.19. The number of aliphatic carboxylic acids is 1. The molecule has 0 aromatic carbocycles. The lowest BCUT2D eigenvalue weighted by Crippen LogP contribution is -2.46. The van der Waals surface area contributed by atoms with Gasteiger partial charge in [-0.25, -0.2) is 0 Å². The number of nitrogens with zero attached hydrogens (tertiary/aromatic N) is 1. The van der Waals surface area contributed by atoms with Crippen LogP contribution < -0.4 is 5.32 Å². The molecule has 1 unspecified atom stereocenters. The Morgan fingerprint density at radius 2 is 1.93 bits per heavy atom. The molecule has 2 N–H and O–H groups in total. The summed E-state index contributed by atoms with van der Waals surface area (Å²) < 4.78 is 0. The Morgan fingerprint density at radius 3 is 2.47 bits per heavy atom. The molecular weight excluding hydrogens is 196 g/mol. The molecule has 0 aromatic heterocycles. The number of nitrogens with one attached hydrogen (secondary N) is 1. The van der Waals surface area contributed by atoms with Gasteiger partial charge < -0.3 is 15.3 Å². The van der Waals surface area contributed by atoms with Crippen LogP contribution in [0.3, 0.4) is 0 Å². The Hall–Kier alpha value is -1.10. The van der Waals surface area contributed by atoms with Crippen LogP contribution in [-0.4, -0.2) is 48.1 Å². The standard InChI is InChI=1S/C10H18N2O3/c1-8(7-10(14)15)6-9(13)12-4-2-11-3-5-12/h8,11H,2-7H2,1H3,(H,14,15). The van der Waals surface area contributed by atoms with Gasteiger partial charge in [-0.3, -0.25) is 9.59 Å². The van der Waals surface area contributed by atoms with E-state index in [4.69, 9.17) is 5.11 Å². The summed E-state index contributed by atoms with van der Waals surface area (Å²) in [6, 6.07) is 0. The van der Waals surface area contributed by atoms with Gasteiger partial charge in [-0.05, 0) is 5.92 Å². The van der Waals surface area contributed by atoms with E-state index in [1.165, 1.54) is 0 Å². The molecule has 0 saturated carbocycles. The fourth-order valence-electron chi connectivity index (χ4n) is 1.71. The maximum absolute atomic E-state index is 11.7. The zero-order valence-corrected chi connectivity index (χ0v) is 9.03. The summed E-state index contributed by atoms with van der Waals surface area (Å²) in [7, 11) is 0. The summed E-state index contributed by atoms with van der Waals surface area (Å²) in [6.07, 6.45) is 0.407. The molecule has 86 valence electrons. The van der Waals surface area contributed by atoms with E-state index in [1.54, 1.807) is 11.8 Å². The Kier molecular flexibility index (Phi) is 4.55. The predicted molar refractivity (Wildman–Crippen MR) is 55.5 cm³/mol. The number of rotatable bonds is 4. The summed E-state index contributed by atoms with van der Waals surface area (Å²) >= 11 is 0. The maximum Gasteiger partial charge on any atom is 0.303 e. The third-order valence-electron chi connectivity index (χ3n) is 2.52. The average molecular weight is 214 g/mol. The summed E-state index contributed by atoms with van der Waals surface area (Å²) in [5.74, 6) is -0.842. The molecule has 0 bridgehead atoms. The van der Waals surface area contributed by atoms with Gasteiger partial charge in [-0.2, -0.15) is 0 Å². The van der Waals surface area contributed by atoms with Crippen molar-refractivity contribution in [1.82, 2.24) is 10.2 Å². The summed E-state index contributed by atoms with van der Waals surface area (Å²) in [6.45, 7) is 4.93. The van der Waals surface area contributed by atoms with Crippen LogP contribution in [0.15, 0.2) is 0 Å². The lowest BCUT2D eigenvalue weighted by molar-refractivity contribution is -0.138. The first-order valence-electron chi connectivity index (χ1n) is 5.30. The van der Waals surface area contributed by atoms with Gasteiger partial charge in [0, 0.05) is 39.0 Å². The number of hydrogen-bond donors (Lipinski definition) is 2. The van der Waals surface area contributed by atoms with Crippen LogP contribution in [0, 0.1) is 5.92 Å². The molecule has 1 rings (SSSR count). The molecule has 1 atom stereocenters. The molecule has 1 aliphatic heterocycles. The average Bonchev–Trinajstić information content (AvgIpc) is 2.17. The van der Waals surface area contributed by atoms with Crippen molar-refractivity contribution in [2.45, 2.75) is 19.8 Å². The number of carbonyl (C=O) groups excluding carboxylic acids is 1. The number of carbonyl (C=O) groups is 2. The van der Waals surface area contributed by atoms with Crippen molar-refractivity contribution >= 4 is 11.9 Å². The highest BCUT2D eigenvalue weighted by atomic mass is 16.4. The van der Waals surface area contributed by atoms with Crippen molar-refractivity contribution in [2.24, 2.45) is 5.92 Å². The lowest BCUT2D eigenvalue weighted by atomic mass is 10.0. The van der Waals surface area contributed by atoms with Gasteiger partial charge in [0.2, 0.25) is 5.91 Å². The molecule has 1 aliphatic rings. The SMILES string of the molecule is CC(CC(=O)O)CC(=O)N1CCNCC1. The largest absolute Gasteiger partial charge is 0.481 e. The van der Waals surface area contributed by atoms with E-state index in [0.29, 0.717) is 6.42 Å². The topological polar surface area (TPSA) is 69.6 Å². The highest BCUT2D eigenvalue weighted by Crippen LogP contribution is 2.10. The quantitative estimate of drug-likeness (QED) is 0.686. The van der Waals surface area contributed by atoms with Crippen LogP contribution in [0.5, 0.6) is 0 Å². The van der Waals surface area contributed by atoms with Gasteiger partial charge >= 0.3 is 5.97 Å². The van der Waals surface area contributed by atoms with E-state index in [-0.39, 0.29) is 18.2 Å². The van der Waals surface area contributed by atoms with Gasteiger partial charge in [0.05, 0.1) is 0 Å². The third kappa shape index (κ3) is 4.29.